The number of sulfonamides is 1. The Kier molecular flexibility index (Phi) is 9.02. The topological polar surface area (TPSA) is 116 Å². The number of carbonyl (C=O) groups is 1. The number of piperidine rings is 1. The Balaban J connectivity index is 1.32. The molecule has 45 heavy (non-hydrogen) atoms. The van der Waals surface area contributed by atoms with Crippen LogP contribution in [0.1, 0.15) is 53.1 Å². The fourth-order valence-corrected chi connectivity index (χ4v) is 7.83. The van der Waals surface area contributed by atoms with Crippen molar-refractivity contribution in [3.05, 3.63) is 135 Å². The molecule has 3 aromatic rings. The third-order valence-corrected chi connectivity index (χ3v) is 11.0. The summed E-state index contributed by atoms with van der Waals surface area (Å²) in [5.41, 5.74) is 11.0. The standard InChI is InChI=1S/C35H34Cl2N4O3S/c36-27-9-4-22(5-10-27)33(23-6-11-28(37)12-7-23)25-8-15-32(38)31(21-25)34(40-29-13-14-29)24-16-18-41(19-17-24)45(43,44)30-3-1-2-26(20-30)35(39)42/h1-12,15,20-21,24,29,33,38,40H,13-14,16-19H2,(H2,39,42)/b34-31-,38-32?. The zero-order chi connectivity index (χ0) is 31.7. The number of benzene rings is 3. The van der Waals surface area contributed by atoms with E-state index in [-0.39, 0.29) is 22.3 Å². The zero-order valence-electron chi connectivity index (χ0n) is 24.5. The highest BCUT2D eigenvalue weighted by Gasteiger charge is 2.35. The van der Waals surface area contributed by atoms with E-state index < -0.39 is 15.9 Å². The van der Waals surface area contributed by atoms with E-state index in [1.54, 1.807) is 0 Å². The molecule has 0 bridgehead atoms. The van der Waals surface area contributed by atoms with Crippen LogP contribution in [0.5, 0.6) is 0 Å². The maximum absolute atomic E-state index is 13.5. The molecule has 1 saturated carbocycles. The molecule has 6 rings (SSSR count). The van der Waals surface area contributed by atoms with Crippen LogP contribution >= 0.6 is 23.2 Å². The van der Waals surface area contributed by atoms with Gasteiger partial charge in [0.05, 0.1) is 10.6 Å². The summed E-state index contributed by atoms with van der Waals surface area (Å²) >= 11 is 12.5. The van der Waals surface area contributed by atoms with Crippen LogP contribution < -0.4 is 11.1 Å². The summed E-state index contributed by atoms with van der Waals surface area (Å²) in [6.45, 7) is 0.656. The lowest BCUT2D eigenvalue weighted by Gasteiger charge is -2.34. The van der Waals surface area contributed by atoms with Gasteiger partial charge >= 0.3 is 0 Å². The van der Waals surface area contributed by atoms with E-state index in [9.17, 15) is 13.2 Å². The molecule has 10 heteroatoms. The van der Waals surface area contributed by atoms with Crippen molar-refractivity contribution in [3.8, 4) is 0 Å². The van der Waals surface area contributed by atoms with Gasteiger partial charge in [0.15, 0.2) is 0 Å². The molecule has 1 aliphatic heterocycles. The molecule has 2 fully saturated rings. The molecule has 0 atom stereocenters. The maximum Gasteiger partial charge on any atom is 0.248 e. The number of allylic oxidation sites excluding steroid dienone is 6. The number of nitrogens with two attached hydrogens (primary N) is 1. The summed E-state index contributed by atoms with van der Waals surface area (Å²) in [5, 5.41) is 14.0. The van der Waals surface area contributed by atoms with Gasteiger partial charge in [0.2, 0.25) is 15.9 Å². The highest BCUT2D eigenvalue weighted by molar-refractivity contribution is 7.89. The number of halogens is 2. The largest absolute Gasteiger partial charge is 0.385 e. The van der Waals surface area contributed by atoms with E-state index in [1.165, 1.54) is 28.6 Å². The molecule has 3 aromatic carbocycles. The van der Waals surface area contributed by atoms with Gasteiger partial charge < -0.3 is 16.5 Å². The van der Waals surface area contributed by atoms with Crippen LogP contribution in [0, 0.1) is 11.3 Å². The number of carbonyl (C=O) groups excluding carboxylic acids is 1. The maximum atomic E-state index is 13.5. The third kappa shape index (κ3) is 6.94. The van der Waals surface area contributed by atoms with Gasteiger partial charge in [0.1, 0.15) is 0 Å². The first-order valence-electron chi connectivity index (χ1n) is 15.0. The molecule has 1 heterocycles. The lowest BCUT2D eigenvalue weighted by Crippen LogP contribution is -2.41. The molecule has 4 N–H and O–H groups in total. The lowest BCUT2D eigenvalue weighted by atomic mass is 9.80. The van der Waals surface area contributed by atoms with Crippen LogP contribution in [0.2, 0.25) is 10.0 Å². The van der Waals surface area contributed by atoms with Crippen molar-refractivity contribution in [2.24, 2.45) is 11.7 Å². The van der Waals surface area contributed by atoms with Gasteiger partial charge in [0, 0.05) is 57.8 Å². The van der Waals surface area contributed by atoms with Crippen molar-refractivity contribution in [3.63, 3.8) is 0 Å². The third-order valence-electron chi connectivity index (χ3n) is 8.63. The summed E-state index contributed by atoms with van der Waals surface area (Å²) in [6.07, 6.45) is 9.30. The van der Waals surface area contributed by atoms with Crippen LogP contribution in [-0.2, 0) is 10.0 Å². The Morgan fingerprint density at radius 3 is 2.04 bits per heavy atom. The number of rotatable bonds is 9. The highest BCUT2D eigenvalue weighted by Crippen LogP contribution is 2.39. The van der Waals surface area contributed by atoms with Gasteiger partial charge in [-0.2, -0.15) is 4.31 Å². The van der Waals surface area contributed by atoms with Gasteiger partial charge in [-0.15, -0.1) is 0 Å². The number of primary amides is 1. The van der Waals surface area contributed by atoms with Crippen molar-refractivity contribution in [2.45, 2.75) is 42.5 Å². The molecule has 1 amide bonds. The average molecular weight is 662 g/mol. The average Bonchev–Trinajstić information content (AvgIpc) is 3.87. The Labute approximate surface area is 274 Å². The SMILES string of the molecule is N=C1C=CC(C(c2ccc(Cl)cc2)c2ccc(Cl)cc2)=C/C1=C(/NC1CC1)C1CCN(S(=O)(=O)c2cccc(C(N)=O)c2)CC1. The van der Waals surface area contributed by atoms with Gasteiger partial charge in [-0.25, -0.2) is 8.42 Å². The molecule has 2 aliphatic carbocycles. The molecule has 0 unspecified atom stereocenters. The second-order valence-corrected chi connectivity index (χ2v) is 14.6. The Morgan fingerprint density at radius 1 is 0.889 bits per heavy atom. The van der Waals surface area contributed by atoms with E-state index in [2.05, 4.69) is 11.4 Å². The number of nitrogens with zero attached hydrogens (tertiary/aromatic N) is 1. The second-order valence-electron chi connectivity index (χ2n) is 11.7. The Morgan fingerprint density at radius 2 is 1.49 bits per heavy atom. The summed E-state index contributed by atoms with van der Waals surface area (Å²) in [4.78, 5) is 11.7. The first kappa shape index (κ1) is 31.3. The smallest absolute Gasteiger partial charge is 0.248 e. The fraction of sp³-hybridized carbons (Fsp3) is 0.257. The van der Waals surface area contributed by atoms with Crippen LogP contribution in [-0.4, -0.2) is 43.5 Å². The molecule has 1 saturated heterocycles. The van der Waals surface area contributed by atoms with Crippen LogP contribution in [0.15, 0.2) is 113 Å². The van der Waals surface area contributed by atoms with Crippen LogP contribution in [0.25, 0.3) is 0 Å². The molecule has 232 valence electrons. The minimum absolute atomic E-state index is 0.0536. The number of amides is 1. The van der Waals surface area contributed by atoms with E-state index in [1.807, 2.05) is 60.7 Å². The van der Waals surface area contributed by atoms with Crippen molar-refractivity contribution in [1.82, 2.24) is 9.62 Å². The fourth-order valence-electron chi connectivity index (χ4n) is 6.06. The quantitative estimate of drug-likeness (QED) is 0.233. The second kappa shape index (κ2) is 13.0. The van der Waals surface area contributed by atoms with E-state index in [4.69, 9.17) is 34.3 Å². The molecule has 0 radical (unpaired) electrons. The van der Waals surface area contributed by atoms with Crippen LogP contribution in [0.3, 0.4) is 0 Å². The summed E-state index contributed by atoms with van der Waals surface area (Å²) in [6, 6.07) is 21.9. The normalized spacial score (nSPS) is 19.0. The Bertz CT molecular complexity index is 1780. The molecule has 0 aromatic heterocycles. The van der Waals surface area contributed by atoms with Crippen LogP contribution in [0.4, 0.5) is 0 Å². The molecular formula is C35H34Cl2N4O3S. The van der Waals surface area contributed by atoms with Crippen molar-refractivity contribution < 1.29 is 13.2 Å². The van der Waals surface area contributed by atoms with Gasteiger partial charge in [-0.3, -0.25) is 4.79 Å². The highest BCUT2D eigenvalue weighted by atomic mass is 35.5. The first-order chi connectivity index (χ1) is 21.6. The summed E-state index contributed by atoms with van der Waals surface area (Å²) < 4.78 is 28.5. The summed E-state index contributed by atoms with van der Waals surface area (Å²) in [7, 11) is -3.80. The van der Waals surface area contributed by atoms with Crippen molar-refractivity contribution in [2.75, 3.05) is 13.1 Å². The lowest BCUT2D eigenvalue weighted by molar-refractivity contribution is 0.1000. The van der Waals surface area contributed by atoms with E-state index in [0.717, 1.165) is 40.8 Å². The number of hydrogen-bond acceptors (Lipinski definition) is 5. The van der Waals surface area contributed by atoms with Gasteiger partial charge in [-0.05, 0) is 97.0 Å². The first-order valence-corrected chi connectivity index (χ1v) is 17.2. The van der Waals surface area contributed by atoms with E-state index >= 15 is 0 Å². The molecule has 3 aliphatic rings. The predicted octanol–water partition coefficient (Wildman–Crippen LogP) is 6.85. The zero-order valence-corrected chi connectivity index (χ0v) is 26.9. The summed E-state index contributed by atoms with van der Waals surface area (Å²) in [5.74, 6) is -0.721. The van der Waals surface area contributed by atoms with E-state index in [0.29, 0.717) is 47.7 Å². The molecule has 7 nitrogen and oxygen atoms in total. The van der Waals surface area contributed by atoms with Gasteiger partial charge in [-0.1, -0.05) is 59.6 Å². The molecular weight excluding hydrogens is 627 g/mol. The van der Waals surface area contributed by atoms with Gasteiger partial charge in [0.25, 0.3) is 0 Å². The minimum atomic E-state index is -3.80. The van der Waals surface area contributed by atoms with Crippen molar-refractivity contribution in [1.29, 1.82) is 5.41 Å². The number of nitrogens with one attached hydrogen (secondary N) is 2. The number of hydrogen-bond donors (Lipinski definition) is 3. The molecule has 0 spiro atoms. The van der Waals surface area contributed by atoms with Crippen molar-refractivity contribution >= 4 is 44.8 Å². The Hall–Kier alpha value is -3.69. The monoisotopic (exact) mass is 660 g/mol. The minimum Gasteiger partial charge on any atom is -0.385 e. The predicted molar refractivity (Wildman–Crippen MR) is 179 cm³/mol.